The zero-order chi connectivity index (χ0) is 11.6. The van der Waals surface area contributed by atoms with E-state index in [1.165, 1.54) is 0 Å². The molecule has 0 aliphatic heterocycles. The van der Waals surface area contributed by atoms with Crippen LogP contribution in [0.1, 0.15) is 18.0 Å². The summed E-state index contributed by atoms with van der Waals surface area (Å²) in [5.41, 5.74) is 4.27. The Morgan fingerprint density at radius 2 is 1.67 bits per heavy atom. The molecule has 0 unspecified atom stereocenters. The zero-order valence-corrected chi connectivity index (χ0v) is 7.40. The molecule has 0 heterocycles. The lowest BCUT2D eigenvalue weighted by Crippen LogP contribution is -2.15. The number of rotatable bonds is 2. The van der Waals surface area contributed by atoms with E-state index in [0.29, 0.717) is 0 Å². The molecule has 0 spiro atoms. The van der Waals surface area contributed by atoms with E-state index in [4.69, 9.17) is 11.0 Å². The maximum atomic E-state index is 13.0. The lowest BCUT2D eigenvalue weighted by molar-refractivity contribution is 0.427. The van der Waals surface area contributed by atoms with Gasteiger partial charge in [0.05, 0.1) is 12.5 Å². The molecule has 0 aromatic heterocycles. The Bertz CT molecular complexity index is 399. The third kappa shape index (κ3) is 2.07. The molecular formula is C9H6F4N2. The van der Waals surface area contributed by atoms with Gasteiger partial charge in [-0.3, -0.25) is 0 Å². The van der Waals surface area contributed by atoms with E-state index in [9.17, 15) is 17.6 Å². The summed E-state index contributed by atoms with van der Waals surface area (Å²) >= 11 is 0. The van der Waals surface area contributed by atoms with Gasteiger partial charge in [0, 0.05) is 17.7 Å². The van der Waals surface area contributed by atoms with E-state index in [-0.39, 0.29) is 6.07 Å². The Morgan fingerprint density at radius 3 is 2.07 bits per heavy atom. The number of hydrogen-bond donors (Lipinski definition) is 1. The Balaban J connectivity index is 3.33. The molecule has 1 aromatic rings. The molecule has 0 amide bonds. The number of halogens is 4. The van der Waals surface area contributed by atoms with Crippen LogP contribution in [0.2, 0.25) is 0 Å². The minimum Gasteiger partial charge on any atom is -0.323 e. The van der Waals surface area contributed by atoms with Gasteiger partial charge in [0.2, 0.25) is 0 Å². The van der Waals surface area contributed by atoms with Crippen LogP contribution in [0.4, 0.5) is 17.6 Å². The van der Waals surface area contributed by atoms with E-state index >= 15 is 0 Å². The fraction of sp³-hybridized carbons (Fsp3) is 0.222. The highest BCUT2D eigenvalue weighted by molar-refractivity contribution is 5.26. The minimum absolute atomic E-state index is 0.0905. The van der Waals surface area contributed by atoms with Crippen LogP contribution in [-0.2, 0) is 0 Å². The van der Waals surface area contributed by atoms with Crippen molar-refractivity contribution in [1.29, 1.82) is 5.26 Å². The van der Waals surface area contributed by atoms with Crippen molar-refractivity contribution in [3.63, 3.8) is 0 Å². The molecule has 1 aromatic carbocycles. The van der Waals surface area contributed by atoms with Gasteiger partial charge in [-0.25, -0.2) is 17.6 Å². The lowest BCUT2D eigenvalue weighted by Gasteiger charge is -2.11. The first-order valence-corrected chi connectivity index (χ1v) is 3.94. The molecule has 1 atom stereocenters. The fourth-order valence-corrected chi connectivity index (χ4v) is 1.12. The molecule has 2 nitrogen and oxygen atoms in total. The maximum absolute atomic E-state index is 13.0. The van der Waals surface area contributed by atoms with E-state index in [1.807, 2.05) is 0 Å². The van der Waals surface area contributed by atoms with E-state index < -0.39 is 41.3 Å². The van der Waals surface area contributed by atoms with Gasteiger partial charge < -0.3 is 5.73 Å². The van der Waals surface area contributed by atoms with Crippen LogP contribution in [0, 0.1) is 34.6 Å². The van der Waals surface area contributed by atoms with Gasteiger partial charge in [-0.1, -0.05) is 0 Å². The van der Waals surface area contributed by atoms with Gasteiger partial charge in [0.1, 0.15) is 0 Å². The summed E-state index contributed by atoms with van der Waals surface area (Å²) in [4.78, 5) is 0. The van der Waals surface area contributed by atoms with Crippen LogP contribution in [-0.4, -0.2) is 0 Å². The molecule has 0 saturated carbocycles. The molecule has 0 bridgehead atoms. The number of nitrogens with zero attached hydrogens (tertiary/aromatic N) is 1. The van der Waals surface area contributed by atoms with Crippen molar-refractivity contribution in [2.45, 2.75) is 12.5 Å². The summed E-state index contributed by atoms with van der Waals surface area (Å²) in [5, 5.41) is 8.26. The molecule has 2 N–H and O–H groups in total. The van der Waals surface area contributed by atoms with Crippen molar-refractivity contribution in [1.82, 2.24) is 0 Å². The summed E-state index contributed by atoms with van der Waals surface area (Å²) in [6.45, 7) is 0. The standard InChI is InChI=1S/C9H6F4N2/c10-4-3-5(11)9(13)7(8(4)12)6(15)1-2-14/h3,6H,1,15H2/t6-/m1/s1. The largest absolute Gasteiger partial charge is 0.323 e. The molecule has 6 heteroatoms. The summed E-state index contributed by atoms with van der Waals surface area (Å²) in [7, 11) is 0. The van der Waals surface area contributed by atoms with Crippen molar-refractivity contribution >= 4 is 0 Å². The first-order valence-electron chi connectivity index (χ1n) is 3.94. The Morgan fingerprint density at radius 1 is 1.20 bits per heavy atom. The normalized spacial score (nSPS) is 12.3. The smallest absolute Gasteiger partial charge is 0.166 e. The summed E-state index contributed by atoms with van der Waals surface area (Å²) in [5.74, 6) is -6.18. The molecule has 0 radical (unpaired) electrons. The molecule has 1 rings (SSSR count). The molecule has 0 fully saturated rings. The van der Waals surface area contributed by atoms with E-state index in [2.05, 4.69) is 0 Å². The highest BCUT2D eigenvalue weighted by Crippen LogP contribution is 2.25. The average molecular weight is 218 g/mol. The zero-order valence-electron chi connectivity index (χ0n) is 7.40. The summed E-state index contributed by atoms with van der Waals surface area (Å²) in [6.07, 6.45) is -0.434. The monoisotopic (exact) mass is 218 g/mol. The van der Waals surface area contributed by atoms with Gasteiger partial charge in [0.15, 0.2) is 23.3 Å². The predicted octanol–water partition coefficient (Wildman–Crippen LogP) is 2.16. The average Bonchev–Trinajstić information content (AvgIpc) is 2.16. The lowest BCUT2D eigenvalue weighted by atomic mass is 10.0. The summed E-state index contributed by atoms with van der Waals surface area (Å²) < 4.78 is 51.5. The first-order chi connectivity index (χ1) is 6.99. The van der Waals surface area contributed by atoms with Crippen molar-refractivity contribution in [3.8, 4) is 6.07 Å². The third-order valence-corrected chi connectivity index (χ3v) is 1.83. The van der Waals surface area contributed by atoms with Crippen LogP contribution in [0.5, 0.6) is 0 Å². The highest BCUT2D eigenvalue weighted by atomic mass is 19.2. The predicted molar refractivity (Wildman–Crippen MR) is 43.4 cm³/mol. The maximum Gasteiger partial charge on any atom is 0.166 e. The van der Waals surface area contributed by atoms with Crippen molar-refractivity contribution in [2.75, 3.05) is 0 Å². The van der Waals surface area contributed by atoms with Crippen LogP contribution >= 0.6 is 0 Å². The van der Waals surface area contributed by atoms with Crippen LogP contribution in [0.15, 0.2) is 6.07 Å². The van der Waals surface area contributed by atoms with Crippen LogP contribution in [0.3, 0.4) is 0 Å². The molecular weight excluding hydrogens is 212 g/mol. The molecule has 0 aliphatic carbocycles. The van der Waals surface area contributed by atoms with E-state index in [1.54, 1.807) is 6.07 Å². The van der Waals surface area contributed by atoms with Crippen molar-refractivity contribution in [3.05, 3.63) is 34.9 Å². The number of benzene rings is 1. The van der Waals surface area contributed by atoms with Gasteiger partial charge in [0.25, 0.3) is 0 Å². The van der Waals surface area contributed by atoms with Crippen LogP contribution < -0.4 is 5.73 Å². The highest BCUT2D eigenvalue weighted by Gasteiger charge is 2.23. The summed E-state index contributed by atoms with van der Waals surface area (Å²) in [6, 6.07) is 0.258. The van der Waals surface area contributed by atoms with E-state index in [0.717, 1.165) is 0 Å². The minimum atomic E-state index is -1.56. The van der Waals surface area contributed by atoms with Crippen molar-refractivity contribution < 1.29 is 17.6 Å². The van der Waals surface area contributed by atoms with Crippen molar-refractivity contribution in [2.24, 2.45) is 5.73 Å². The molecule has 0 saturated heterocycles. The first kappa shape index (κ1) is 11.5. The Kier molecular flexibility index (Phi) is 3.27. The topological polar surface area (TPSA) is 49.8 Å². The molecule has 15 heavy (non-hydrogen) atoms. The Hall–Kier alpha value is -1.61. The van der Waals surface area contributed by atoms with Gasteiger partial charge in [-0.15, -0.1) is 0 Å². The van der Waals surface area contributed by atoms with Gasteiger partial charge >= 0.3 is 0 Å². The molecule has 0 aliphatic rings. The number of nitriles is 1. The fourth-order valence-electron chi connectivity index (χ4n) is 1.12. The third-order valence-electron chi connectivity index (χ3n) is 1.83. The number of nitrogens with two attached hydrogens (primary N) is 1. The molecule has 80 valence electrons. The SMILES string of the molecule is N#CC[C@@H](N)c1c(F)c(F)cc(F)c1F. The van der Waals surface area contributed by atoms with Crippen LogP contribution in [0.25, 0.3) is 0 Å². The number of hydrogen-bond acceptors (Lipinski definition) is 2. The second-order valence-corrected chi connectivity index (χ2v) is 2.85. The quantitative estimate of drug-likeness (QED) is 0.610. The van der Waals surface area contributed by atoms with Gasteiger partial charge in [-0.2, -0.15) is 5.26 Å². The Labute approximate surface area is 82.9 Å². The second kappa shape index (κ2) is 4.28. The van der Waals surface area contributed by atoms with Gasteiger partial charge in [-0.05, 0) is 0 Å². The second-order valence-electron chi connectivity index (χ2n) is 2.85.